The summed E-state index contributed by atoms with van der Waals surface area (Å²) in [7, 11) is 3.16. The molecule has 140 valence electrons. The molecular weight excluding hydrogens is 352 g/mol. The van der Waals surface area contributed by atoms with Crippen LogP contribution in [0.25, 0.3) is 0 Å². The van der Waals surface area contributed by atoms with Crippen LogP contribution in [0, 0.1) is 0 Å². The number of rotatable bonds is 6. The molecule has 7 nitrogen and oxygen atoms in total. The van der Waals surface area contributed by atoms with Crippen LogP contribution in [0.2, 0.25) is 0 Å². The largest absolute Gasteiger partial charge is 0.493 e. The number of nitrogens with zero attached hydrogens (tertiary/aromatic N) is 3. The maximum atomic E-state index is 12.6. The smallest absolute Gasteiger partial charge is 0.241 e. The van der Waals surface area contributed by atoms with Crippen LogP contribution in [-0.2, 0) is 4.79 Å². The van der Waals surface area contributed by atoms with Crippen molar-refractivity contribution < 1.29 is 14.3 Å². The summed E-state index contributed by atoms with van der Waals surface area (Å²) in [4.78, 5) is 21.4. The van der Waals surface area contributed by atoms with Gasteiger partial charge in [-0.05, 0) is 19.1 Å². The lowest BCUT2D eigenvalue weighted by Crippen LogP contribution is -2.52. The number of hydrogen-bond donors (Lipinski definition) is 1. The third-order valence-corrected chi connectivity index (χ3v) is 5.41. The van der Waals surface area contributed by atoms with E-state index in [4.69, 9.17) is 9.47 Å². The van der Waals surface area contributed by atoms with E-state index in [0.29, 0.717) is 17.2 Å². The third-order valence-electron chi connectivity index (χ3n) is 4.58. The number of anilines is 2. The summed E-state index contributed by atoms with van der Waals surface area (Å²) in [6.45, 7) is 5.36. The van der Waals surface area contributed by atoms with Gasteiger partial charge in [0.05, 0.1) is 20.3 Å². The molecule has 1 aliphatic rings. The molecule has 0 spiro atoms. The second-order valence-corrected chi connectivity index (χ2v) is 6.95. The Morgan fingerprint density at radius 2 is 1.92 bits per heavy atom. The number of hydrogen-bond acceptors (Lipinski definition) is 7. The Hall–Kier alpha value is -2.32. The highest BCUT2D eigenvalue weighted by Crippen LogP contribution is 2.30. The van der Waals surface area contributed by atoms with Gasteiger partial charge in [-0.25, -0.2) is 4.98 Å². The van der Waals surface area contributed by atoms with Crippen LogP contribution < -0.4 is 19.7 Å². The molecule has 0 radical (unpaired) electrons. The van der Waals surface area contributed by atoms with Crippen LogP contribution in [0.5, 0.6) is 11.5 Å². The average molecular weight is 376 g/mol. The molecule has 1 aliphatic heterocycles. The number of amides is 1. The first-order valence-corrected chi connectivity index (χ1v) is 9.41. The topological polar surface area (TPSA) is 66.9 Å². The van der Waals surface area contributed by atoms with Crippen molar-refractivity contribution in [1.82, 2.24) is 9.88 Å². The van der Waals surface area contributed by atoms with E-state index in [0.717, 1.165) is 31.3 Å². The average Bonchev–Trinajstić information content (AvgIpc) is 3.22. The third kappa shape index (κ3) is 4.08. The van der Waals surface area contributed by atoms with Crippen molar-refractivity contribution >= 4 is 28.1 Å². The number of nitrogens with one attached hydrogen (secondary N) is 1. The number of thiazole rings is 1. The molecule has 8 heteroatoms. The minimum atomic E-state index is -0.207. The number of piperazine rings is 1. The van der Waals surface area contributed by atoms with E-state index in [-0.39, 0.29) is 11.9 Å². The maximum Gasteiger partial charge on any atom is 0.241 e. The Morgan fingerprint density at radius 3 is 2.54 bits per heavy atom. The lowest BCUT2D eigenvalue weighted by molar-refractivity contribution is -0.120. The number of benzene rings is 1. The molecule has 2 heterocycles. The molecule has 0 aliphatic carbocycles. The first-order chi connectivity index (χ1) is 12.6. The van der Waals surface area contributed by atoms with Crippen LogP contribution in [0.1, 0.15) is 6.92 Å². The predicted octanol–water partition coefficient (Wildman–Crippen LogP) is 2.31. The van der Waals surface area contributed by atoms with E-state index in [1.165, 1.54) is 0 Å². The Labute approximate surface area is 157 Å². The minimum absolute atomic E-state index is 0.0279. The van der Waals surface area contributed by atoms with Gasteiger partial charge in [-0.2, -0.15) is 0 Å². The number of carbonyl (C=O) groups excluding carboxylic acids is 1. The highest BCUT2D eigenvalue weighted by Gasteiger charge is 2.26. The number of methoxy groups -OCH3 is 2. The maximum absolute atomic E-state index is 12.6. The van der Waals surface area contributed by atoms with Crippen molar-refractivity contribution in [2.75, 3.05) is 50.6 Å². The number of aromatic nitrogens is 1. The van der Waals surface area contributed by atoms with Crippen LogP contribution in [0.15, 0.2) is 29.8 Å². The lowest BCUT2D eigenvalue weighted by atomic mass is 10.2. The second-order valence-electron chi connectivity index (χ2n) is 6.07. The van der Waals surface area contributed by atoms with Gasteiger partial charge in [-0.15, -0.1) is 11.3 Å². The van der Waals surface area contributed by atoms with Gasteiger partial charge < -0.3 is 19.7 Å². The van der Waals surface area contributed by atoms with E-state index in [1.54, 1.807) is 37.7 Å². The zero-order chi connectivity index (χ0) is 18.5. The monoisotopic (exact) mass is 376 g/mol. The SMILES string of the molecule is COc1ccc(NC(=O)[C@H](C)N2CCN(c3nccs3)CC2)cc1OC. The summed E-state index contributed by atoms with van der Waals surface area (Å²) in [6.07, 6.45) is 1.82. The highest BCUT2D eigenvalue weighted by molar-refractivity contribution is 7.13. The van der Waals surface area contributed by atoms with Crippen LogP contribution in [0.3, 0.4) is 0 Å². The van der Waals surface area contributed by atoms with Gasteiger partial charge in [0, 0.05) is 49.5 Å². The van der Waals surface area contributed by atoms with E-state index < -0.39 is 0 Å². The number of ether oxygens (including phenoxy) is 2. The summed E-state index contributed by atoms with van der Waals surface area (Å²) >= 11 is 1.65. The molecule has 0 bridgehead atoms. The van der Waals surface area contributed by atoms with Gasteiger partial charge in [-0.3, -0.25) is 9.69 Å². The van der Waals surface area contributed by atoms with Crippen LogP contribution >= 0.6 is 11.3 Å². The molecule has 3 rings (SSSR count). The van der Waals surface area contributed by atoms with Crippen LogP contribution in [0.4, 0.5) is 10.8 Å². The van der Waals surface area contributed by atoms with Gasteiger partial charge >= 0.3 is 0 Å². The van der Waals surface area contributed by atoms with Crippen molar-refractivity contribution in [1.29, 1.82) is 0 Å². The van der Waals surface area contributed by atoms with Crippen LogP contribution in [-0.4, -0.2) is 62.2 Å². The molecular formula is C18H24N4O3S. The molecule has 0 saturated carbocycles. The molecule has 1 atom stereocenters. The fourth-order valence-corrected chi connectivity index (χ4v) is 3.70. The van der Waals surface area contributed by atoms with E-state index >= 15 is 0 Å². The molecule has 26 heavy (non-hydrogen) atoms. The van der Waals surface area contributed by atoms with Gasteiger partial charge in [0.2, 0.25) is 5.91 Å². The molecule has 1 amide bonds. The number of carbonyl (C=O) groups is 1. The summed E-state index contributed by atoms with van der Waals surface area (Å²) in [5, 5.41) is 6.00. The Balaban J connectivity index is 1.57. The Bertz CT molecular complexity index is 730. The predicted molar refractivity (Wildman–Crippen MR) is 104 cm³/mol. The minimum Gasteiger partial charge on any atom is -0.493 e. The second kappa shape index (κ2) is 8.37. The zero-order valence-electron chi connectivity index (χ0n) is 15.3. The normalized spacial score (nSPS) is 16.2. The van der Waals surface area contributed by atoms with E-state index in [9.17, 15) is 4.79 Å². The molecule has 1 N–H and O–H groups in total. The van der Waals surface area contributed by atoms with Crippen molar-refractivity contribution in [3.63, 3.8) is 0 Å². The van der Waals surface area contributed by atoms with Gasteiger partial charge in [0.25, 0.3) is 0 Å². The van der Waals surface area contributed by atoms with Crippen molar-refractivity contribution in [2.45, 2.75) is 13.0 Å². The lowest BCUT2D eigenvalue weighted by Gasteiger charge is -2.37. The Morgan fingerprint density at radius 1 is 1.19 bits per heavy atom. The van der Waals surface area contributed by atoms with Gasteiger partial charge in [-0.1, -0.05) is 0 Å². The first kappa shape index (κ1) is 18.5. The summed E-state index contributed by atoms with van der Waals surface area (Å²) in [5.74, 6) is 1.20. The van der Waals surface area contributed by atoms with Gasteiger partial charge in [0.1, 0.15) is 0 Å². The fourth-order valence-electron chi connectivity index (χ4n) is 3.00. The van der Waals surface area contributed by atoms with Crippen molar-refractivity contribution in [3.8, 4) is 11.5 Å². The fraction of sp³-hybridized carbons (Fsp3) is 0.444. The standard InChI is InChI=1S/C18H24N4O3S/c1-13(21-7-9-22(10-8-21)18-19-6-11-26-18)17(23)20-14-4-5-15(24-2)16(12-14)25-3/h4-6,11-13H,7-10H2,1-3H3,(H,20,23)/t13-/m0/s1. The molecule has 1 aromatic heterocycles. The molecule has 1 saturated heterocycles. The molecule has 1 fully saturated rings. The van der Waals surface area contributed by atoms with E-state index in [2.05, 4.69) is 20.1 Å². The Kier molecular flexibility index (Phi) is 5.95. The summed E-state index contributed by atoms with van der Waals surface area (Å²) in [5.41, 5.74) is 0.695. The highest BCUT2D eigenvalue weighted by atomic mass is 32.1. The zero-order valence-corrected chi connectivity index (χ0v) is 16.1. The molecule has 0 unspecified atom stereocenters. The van der Waals surface area contributed by atoms with E-state index in [1.807, 2.05) is 24.6 Å². The quantitative estimate of drug-likeness (QED) is 0.835. The summed E-state index contributed by atoms with van der Waals surface area (Å²) in [6, 6.07) is 5.16. The van der Waals surface area contributed by atoms with Crippen molar-refractivity contribution in [2.24, 2.45) is 0 Å². The molecule has 1 aromatic carbocycles. The van der Waals surface area contributed by atoms with Crippen molar-refractivity contribution in [3.05, 3.63) is 29.8 Å². The molecule has 2 aromatic rings. The first-order valence-electron chi connectivity index (χ1n) is 8.53. The summed E-state index contributed by atoms with van der Waals surface area (Å²) < 4.78 is 10.5. The van der Waals surface area contributed by atoms with Gasteiger partial charge in [0.15, 0.2) is 16.6 Å².